The van der Waals surface area contributed by atoms with Crippen molar-refractivity contribution in [2.24, 2.45) is 0 Å². The van der Waals surface area contributed by atoms with Crippen molar-refractivity contribution in [2.75, 3.05) is 6.54 Å². The molecule has 1 saturated carbocycles. The second-order valence-corrected chi connectivity index (χ2v) is 5.69. The molecular weight excluding hydrogens is 246 g/mol. The predicted octanol–water partition coefficient (Wildman–Crippen LogP) is 3.51. The molecule has 0 spiro atoms. The van der Waals surface area contributed by atoms with E-state index in [0.29, 0.717) is 12.0 Å². The Bertz CT molecular complexity index is 423. The maximum atomic E-state index is 6.23. The Kier molecular flexibility index (Phi) is 3.88. The van der Waals surface area contributed by atoms with Gasteiger partial charge >= 0.3 is 0 Å². The van der Waals surface area contributed by atoms with Crippen molar-refractivity contribution in [3.05, 3.63) is 29.8 Å². The second kappa shape index (κ2) is 5.10. The van der Waals surface area contributed by atoms with E-state index in [9.17, 15) is 0 Å². The number of hydrogen-bond donors (Lipinski definition) is 1. The molecule has 1 aromatic carbocycles. The molecule has 0 saturated heterocycles. The molecule has 2 bridgehead atoms. The first-order valence-electron chi connectivity index (χ1n) is 6.71. The van der Waals surface area contributed by atoms with E-state index >= 15 is 0 Å². The first-order valence-corrected chi connectivity index (χ1v) is 6.71. The number of nitrogens with one attached hydrogen (secondary N) is 1. The topological polar surface area (TPSA) is 21.3 Å². The zero-order chi connectivity index (χ0) is 11.9. The van der Waals surface area contributed by atoms with Crippen molar-refractivity contribution in [2.45, 2.75) is 50.7 Å². The highest BCUT2D eigenvalue weighted by Gasteiger charge is 2.43. The van der Waals surface area contributed by atoms with Gasteiger partial charge in [-0.3, -0.25) is 0 Å². The Hall–Kier alpha value is -0.730. The number of rotatable bonds is 2. The van der Waals surface area contributed by atoms with E-state index in [1.807, 2.05) is 0 Å². The van der Waals surface area contributed by atoms with Crippen LogP contribution in [0.5, 0.6) is 5.75 Å². The van der Waals surface area contributed by atoms with Crippen LogP contribution in [0.4, 0.5) is 0 Å². The number of para-hydroxylation sites is 1. The van der Waals surface area contributed by atoms with Gasteiger partial charge in [0.1, 0.15) is 11.4 Å². The largest absolute Gasteiger partial charge is 0.487 e. The molecule has 3 rings (SSSR count). The molecule has 2 unspecified atom stereocenters. The number of ether oxygens (including phenoxy) is 1. The molecule has 1 aliphatic heterocycles. The summed E-state index contributed by atoms with van der Waals surface area (Å²) in [5, 5.41) is 3.59. The van der Waals surface area contributed by atoms with Crippen molar-refractivity contribution in [3.63, 3.8) is 0 Å². The minimum absolute atomic E-state index is 0. The highest BCUT2D eigenvalue weighted by molar-refractivity contribution is 5.85. The summed E-state index contributed by atoms with van der Waals surface area (Å²) in [6.07, 6.45) is 3.56. The van der Waals surface area contributed by atoms with Crippen LogP contribution in [-0.4, -0.2) is 18.2 Å². The van der Waals surface area contributed by atoms with E-state index in [1.165, 1.54) is 18.4 Å². The predicted molar refractivity (Wildman–Crippen MR) is 76.8 cm³/mol. The van der Waals surface area contributed by atoms with Gasteiger partial charge in [0, 0.05) is 12.5 Å². The van der Waals surface area contributed by atoms with Crippen molar-refractivity contribution in [1.82, 2.24) is 5.32 Å². The molecule has 2 nitrogen and oxygen atoms in total. The van der Waals surface area contributed by atoms with Gasteiger partial charge in [-0.1, -0.05) is 25.1 Å². The van der Waals surface area contributed by atoms with E-state index in [4.69, 9.17) is 4.74 Å². The average molecular weight is 268 g/mol. The molecular formula is C15H22ClNO. The lowest BCUT2D eigenvalue weighted by Crippen LogP contribution is -2.50. The van der Waals surface area contributed by atoms with Gasteiger partial charge in [0.2, 0.25) is 0 Å². The fourth-order valence-electron chi connectivity index (χ4n) is 3.58. The van der Waals surface area contributed by atoms with Gasteiger partial charge < -0.3 is 10.1 Å². The van der Waals surface area contributed by atoms with Gasteiger partial charge in [0.05, 0.1) is 0 Å². The minimum atomic E-state index is 0. The molecule has 3 atom stereocenters. The molecule has 3 heteroatoms. The highest BCUT2D eigenvalue weighted by Crippen LogP contribution is 2.48. The molecule has 1 fully saturated rings. The van der Waals surface area contributed by atoms with Crippen molar-refractivity contribution in [3.8, 4) is 5.75 Å². The third kappa shape index (κ3) is 2.36. The number of fused-ring (bicyclic) bond motifs is 4. The van der Waals surface area contributed by atoms with Crippen LogP contribution in [-0.2, 0) is 0 Å². The minimum Gasteiger partial charge on any atom is -0.487 e. The lowest BCUT2D eigenvalue weighted by molar-refractivity contribution is 0.00800. The molecule has 1 aromatic rings. The summed E-state index contributed by atoms with van der Waals surface area (Å²) in [5.74, 6) is 1.78. The van der Waals surface area contributed by atoms with E-state index in [1.54, 1.807) is 0 Å². The maximum Gasteiger partial charge on any atom is 0.123 e. The summed E-state index contributed by atoms with van der Waals surface area (Å²) in [6.45, 7) is 5.50. The Labute approximate surface area is 116 Å². The molecule has 18 heavy (non-hydrogen) atoms. The van der Waals surface area contributed by atoms with Gasteiger partial charge in [0.15, 0.2) is 0 Å². The van der Waals surface area contributed by atoms with Crippen LogP contribution >= 0.6 is 12.4 Å². The molecule has 1 aliphatic carbocycles. The Morgan fingerprint density at radius 2 is 2.11 bits per heavy atom. The smallest absolute Gasteiger partial charge is 0.123 e. The summed E-state index contributed by atoms with van der Waals surface area (Å²) < 4.78 is 6.23. The van der Waals surface area contributed by atoms with Crippen LogP contribution < -0.4 is 10.1 Å². The maximum absolute atomic E-state index is 6.23. The standard InChI is InChI=1S/C15H21NO.ClH/c1-3-16-12-8-11-9-15(2,10-12)17-14-7-5-4-6-13(11)14;/h4-7,11-12,16H,3,8-10H2,1-2H3;1H/t11?,12-,15?;/m0./s1. The lowest BCUT2D eigenvalue weighted by atomic mass is 9.71. The fourth-order valence-corrected chi connectivity index (χ4v) is 3.58. The van der Waals surface area contributed by atoms with Crippen LogP contribution in [0, 0.1) is 0 Å². The first kappa shape index (κ1) is 13.7. The van der Waals surface area contributed by atoms with E-state index < -0.39 is 0 Å². The van der Waals surface area contributed by atoms with Crippen molar-refractivity contribution < 1.29 is 4.74 Å². The molecule has 1 N–H and O–H groups in total. The fraction of sp³-hybridized carbons (Fsp3) is 0.600. The van der Waals surface area contributed by atoms with Gasteiger partial charge in [-0.25, -0.2) is 0 Å². The summed E-state index contributed by atoms with van der Waals surface area (Å²) >= 11 is 0. The quantitative estimate of drug-likeness (QED) is 0.886. The molecule has 1 heterocycles. The van der Waals surface area contributed by atoms with Crippen LogP contribution in [0.3, 0.4) is 0 Å². The summed E-state index contributed by atoms with van der Waals surface area (Å²) in [4.78, 5) is 0. The Balaban J connectivity index is 0.00000120. The zero-order valence-corrected chi connectivity index (χ0v) is 11.9. The van der Waals surface area contributed by atoms with Crippen LogP contribution in [0.25, 0.3) is 0 Å². The van der Waals surface area contributed by atoms with E-state index in [-0.39, 0.29) is 18.0 Å². The summed E-state index contributed by atoms with van der Waals surface area (Å²) in [7, 11) is 0. The number of halogens is 1. The van der Waals surface area contributed by atoms with Crippen LogP contribution in [0.15, 0.2) is 24.3 Å². The van der Waals surface area contributed by atoms with Gasteiger partial charge in [0.25, 0.3) is 0 Å². The van der Waals surface area contributed by atoms with Gasteiger partial charge in [-0.05, 0) is 43.9 Å². The number of hydrogen-bond acceptors (Lipinski definition) is 2. The van der Waals surface area contributed by atoms with Crippen molar-refractivity contribution in [1.29, 1.82) is 0 Å². The van der Waals surface area contributed by atoms with Gasteiger partial charge in [-0.15, -0.1) is 12.4 Å². The first-order chi connectivity index (χ1) is 8.20. The third-order valence-corrected chi connectivity index (χ3v) is 4.13. The molecule has 2 aliphatic rings. The summed E-state index contributed by atoms with van der Waals surface area (Å²) in [5.41, 5.74) is 1.44. The number of benzene rings is 1. The van der Waals surface area contributed by atoms with Crippen LogP contribution in [0.2, 0.25) is 0 Å². The third-order valence-electron chi connectivity index (χ3n) is 4.13. The zero-order valence-electron chi connectivity index (χ0n) is 11.1. The molecule has 0 amide bonds. The average Bonchev–Trinajstić information content (AvgIpc) is 2.28. The van der Waals surface area contributed by atoms with Crippen molar-refractivity contribution >= 4 is 12.4 Å². The lowest BCUT2D eigenvalue weighted by Gasteiger charge is -2.47. The monoisotopic (exact) mass is 267 g/mol. The molecule has 100 valence electrons. The highest BCUT2D eigenvalue weighted by atomic mass is 35.5. The second-order valence-electron chi connectivity index (χ2n) is 5.69. The van der Waals surface area contributed by atoms with Gasteiger partial charge in [-0.2, -0.15) is 0 Å². The molecule has 0 aromatic heterocycles. The van der Waals surface area contributed by atoms with E-state index in [2.05, 4.69) is 43.4 Å². The Morgan fingerprint density at radius 3 is 2.89 bits per heavy atom. The molecule has 0 radical (unpaired) electrons. The van der Waals surface area contributed by atoms with E-state index in [0.717, 1.165) is 18.7 Å². The SMILES string of the molecule is CCN[C@H]1CC2CC(C)(C1)Oc1ccccc12.Cl. The Morgan fingerprint density at radius 1 is 1.33 bits per heavy atom. The summed E-state index contributed by atoms with van der Waals surface area (Å²) in [6, 6.07) is 9.16. The normalized spacial score (nSPS) is 33.0. The van der Waals surface area contributed by atoms with Crippen LogP contribution in [0.1, 0.15) is 44.6 Å².